The second-order valence-corrected chi connectivity index (χ2v) is 12.6. The number of aliphatic hydroxyl groups excluding tert-OH is 4. The largest absolute Gasteiger partial charge is 0.481 e. The van der Waals surface area contributed by atoms with E-state index in [-0.39, 0.29) is 25.4 Å². The van der Waals surface area contributed by atoms with Crippen LogP contribution in [0, 0.1) is 5.92 Å². The molecule has 0 aromatic rings. The van der Waals surface area contributed by atoms with Crippen LogP contribution in [0.5, 0.6) is 0 Å². The third-order valence-electron chi connectivity index (χ3n) is 8.39. The Morgan fingerprint density at radius 2 is 1.72 bits per heavy atom. The van der Waals surface area contributed by atoms with Crippen molar-refractivity contribution in [2.45, 2.75) is 139 Å². The third kappa shape index (κ3) is 11.9. The average molecular weight is 670 g/mol. The highest BCUT2D eigenvalue weighted by molar-refractivity contribution is 5.82. The monoisotopic (exact) mass is 669 g/mol. The molecule has 266 valence electrons. The maximum Gasteiger partial charge on any atom is 0.330 e. The predicted molar refractivity (Wildman–Crippen MR) is 167 cm³/mol. The molecule has 14 atom stereocenters. The Balaban J connectivity index is 1.49. The fourth-order valence-corrected chi connectivity index (χ4v) is 5.81. The lowest BCUT2D eigenvalue weighted by molar-refractivity contribution is -0.310. The van der Waals surface area contributed by atoms with Crippen LogP contribution in [0.25, 0.3) is 0 Å². The van der Waals surface area contributed by atoms with Crippen molar-refractivity contribution in [2.24, 2.45) is 11.7 Å². The van der Waals surface area contributed by atoms with Gasteiger partial charge in [-0.05, 0) is 33.8 Å². The SMILES string of the molecule is C/C=C/C=C/C=C/C[C@@H](C)OC(=O)/C=C/[C@H]1O[C@@H]1C[C@H](O)C[C@]1(O)C[C@H](O)[C@@H](C(=O)O)[C@H](C[C@H](C)O[C@@H]2OC(C)[C@@H](N)C(O)C2O)O1. The third-order valence-corrected chi connectivity index (χ3v) is 8.39. The molecule has 3 aliphatic heterocycles. The molecule has 0 aliphatic carbocycles. The Hall–Kier alpha value is -2.50. The van der Waals surface area contributed by atoms with Gasteiger partial charge in [-0.15, -0.1) is 0 Å². The molecular formula is C33H51NO13. The maximum atomic E-state index is 12.2. The number of carboxylic acid groups (broad SMARTS) is 1. The molecule has 47 heavy (non-hydrogen) atoms. The number of allylic oxidation sites excluding steroid dienone is 5. The first-order valence-corrected chi connectivity index (χ1v) is 16.0. The van der Waals surface area contributed by atoms with Crippen molar-refractivity contribution >= 4 is 11.9 Å². The van der Waals surface area contributed by atoms with Crippen molar-refractivity contribution in [3.63, 3.8) is 0 Å². The van der Waals surface area contributed by atoms with Gasteiger partial charge in [-0.1, -0.05) is 36.5 Å². The number of aliphatic hydroxyl groups is 5. The lowest BCUT2D eigenvalue weighted by Gasteiger charge is -2.45. The van der Waals surface area contributed by atoms with Gasteiger partial charge >= 0.3 is 11.9 Å². The van der Waals surface area contributed by atoms with E-state index in [2.05, 4.69) is 0 Å². The normalized spacial score (nSPS) is 38.3. The summed E-state index contributed by atoms with van der Waals surface area (Å²) in [7, 11) is 0. The highest BCUT2D eigenvalue weighted by atomic mass is 16.7. The first kappa shape index (κ1) is 38.9. The van der Waals surface area contributed by atoms with Crippen LogP contribution in [0.1, 0.15) is 59.8 Å². The summed E-state index contributed by atoms with van der Waals surface area (Å²) >= 11 is 0. The zero-order chi connectivity index (χ0) is 34.9. The van der Waals surface area contributed by atoms with Gasteiger partial charge in [0.1, 0.15) is 30.3 Å². The van der Waals surface area contributed by atoms with E-state index in [0.717, 1.165) is 0 Å². The van der Waals surface area contributed by atoms with Crippen LogP contribution in [0.4, 0.5) is 0 Å². The topological polar surface area (TPSA) is 231 Å². The standard InChI is InChI=1S/C33H51NO13/c1-5-6-7-8-9-10-11-18(2)43-26(37)13-12-23-24(46-23)15-21(35)16-33(42)17-22(36)27(31(40)41)25(47-33)14-19(3)44-32-30(39)29(38)28(34)20(4)45-32/h5-10,12-13,18-25,27-30,32,35-36,38-39,42H,11,14-17,34H2,1-4H3,(H,40,41)/b6-5+,8-7+,10-9+,13-12+/t18-,19+,20?,21+,22+,23-,24-,25+,27-,28-,29?,30?,32-,33-/m1/s1. The van der Waals surface area contributed by atoms with Crippen LogP contribution in [-0.4, -0.2) is 122 Å². The summed E-state index contributed by atoms with van der Waals surface area (Å²) in [4.78, 5) is 24.2. The Kier molecular flexibility index (Phi) is 14.7. The predicted octanol–water partition coefficient (Wildman–Crippen LogP) is 0.590. The molecule has 0 saturated carbocycles. The number of esters is 1. The lowest BCUT2D eigenvalue weighted by atomic mass is 9.83. The number of hydrogen-bond acceptors (Lipinski definition) is 13. The molecular weight excluding hydrogens is 618 g/mol. The zero-order valence-electron chi connectivity index (χ0n) is 27.3. The minimum Gasteiger partial charge on any atom is -0.481 e. The van der Waals surface area contributed by atoms with Crippen molar-refractivity contribution in [2.75, 3.05) is 0 Å². The molecule has 0 bridgehead atoms. The molecule has 0 spiro atoms. The van der Waals surface area contributed by atoms with Gasteiger partial charge < -0.3 is 60.1 Å². The van der Waals surface area contributed by atoms with Crippen molar-refractivity contribution < 1.29 is 63.9 Å². The summed E-state index contributed by atoms with van der Waals surface area (Å²) in [6.07, 6.45) is 3.30. The van der Waals surface area contributed by atoms with Crippen molar-refractivity contribution in [1.82, 2.24) is 0 Å². The molecule has 0 aromatic heterocycles. The summed E-state index contributed by atoms with van der Waals surface area (Å²) in [6.45, 7) is 6.88. The molecule has 3 heterocycles. The molecule has 3 fully saturated rings. The molecule has 0 amide bonds. The quantitative estimate of drug-likeness (QED) is 0.0516. The smallest absolute Gasteiger partial charge is 0.330 e. The van der Waals surface area contributed by atoms with Gasteiger partial charge in [0.05, 0.1) is 42.7 Å². The number of ether oxygens (including phenoxy) is 5. The van der Waals surface area contributed by atoms with Crippen LogP contribution in [0.3, 0.4) is 0 Å². The van der Waals surface area contributed by atoms with E-state index in [0.29, 0.717) is 6.42 Å². The number of nitrogens with two attached hydrogens (primary N) is 1. The van der Waals surface area contributed by atoms with E-state index in [4.69, 9.17) is 29.4 Å². The second-order valence-electron chi connectivity index (χ2n) is 12.6. The Bertz CT molecular complexity index is 1140. The first-order valence-electron chi connectivity index (χ1n) is 16.0. The van der Waals surface area contributed by atoms with Crippen LogP contribution in [0.2, 0.25) is 0 Å². The van der Waals surface area contributed by atoms with Crippen LogP contribution in [-0.2, 0) is 33.3 Å². The fraction of sp³-hybridized carbons (Fsp3) is 0.697. The Morgan fingerprint density at radius 3 is 2.40 bits per heavy atom. The minimum absolute atomic E-state index is 0.0832. The summed E-state index contributed by atoms with van der Waals surface area (Å²) in [5, 5.41) is 63.0. The number of rotatable bonds is 16. The molecule has 3 saturated heterocycles. The number of carbonyl (C=O) groups is 2. The number of hydrogen-bond donors (Lipinski definition) is 7. The zero-order valence-corrected chi connectivity index (χ0v) is 27.3. The van der Waals surface area contributed by atoms with Gasteiger partial charge in [0, 0.05) is 38.2 Å². The number of epoxide rings is 1. The Morgan fingerprint density at radius 1 is 1.02 bits per heavy atom. The molecule has 14 nitrogen and oxygen atoms in total. The number of carboxylic acids is 1. The van der Waals surface area contributed by atoms with E-state index in [1.54, 1.807) is 20.8 Å². The van der Waals surface area contributed by atoms with Gasteiger partial charge in [0.15, 0.2) is 12.1 Å². The van der Waals surface area contributed by atoms with Crippen LogP contribution < -0.4 is 5.73 Å². The molecule has 3 rings (SSSR count). The lowest BCUT2D eigenvalue weighted by Crippen LogP contribution is -2.61. The van der Waals surface area contributed by atoms with Gasteiger partial charge in [-0.2, -0.15) is 0 Å². The van der Waals surface area contributed by atoms with E-state index in [9.17, 15) is 40.2 Å². The summed E-state index contributed by atoms with van der Waals surface area (Å²) in [5.74, 6) is -5.35. The maximum absolute atomic E-state index is 12.2. The molecule has 8 N–H and O–H groups in total. The Labute approximate surface area is 275 Å². The minimum atomic E-state index is -2.06. The molecule has 0 aromatic carbocycles. The van der Waals surface area contributed by atoms with Gasteiger partial charge in [-0.3, -0.25) is 4.79 Å². The van der Waals surface area contributed by atoms with E-state index < -0.39 is 97.3 Å². The van der Waals surface area contributed by atoms with Gasteiger partial charge in [0.2, 0.25) is 0 Å². The van der Waals surface area contributed by atoms with Gasteiger partial charge in [-0.25, -0.2) is 4.79 Å². The van der Waals surface area contributed by atoms with Crippen molar-refractivity contribution in [1.29, 1.82) is 0 Å². The summed E-state index contributed by atoms with van der Waals surface area (Å²) < 4.78 is 28.0. The summed E-state index contributed by atoms with van der Waals surface area (Å²) in [6, 6.07) is -0.832. The summed E-state index contributed by atoms with van der Waals surface area (Å²) in [5.41, 5.74) is 5.82. The van der Waals surface area contributed by atoms with Gasteiger partial charge in [0.25, 0.3) is 0 Å². The van der Waals surface area contributed by atoms with Crippen LogP contribution >= 0.6 is 0 Å². The van der Waals surface area contributed by atoms with Crippen molar-refractivity contribution in [3.05, 3.63) is 48.6 Å². The first-order chi connectivity index (χ1) is 22.1. The fourth-order valence-electron chi connectivity index (χ4n) is 5.81. The average Bonchev–Trinajstić information content (AvgIpc) is 3.71. The second kappa shape index (κ2) is 17.8. The number of aliphatic carboxylic acids is 1. The highest BCUT2D eigenvalue weighted by Crippen LogP contribution is 2.39. The van der Waals surface area contributed by atoms with Crippen molar-refractivity contribution in [3.8, 4) is 0 Å². The van der Waals surface area contributed by atoms with E-state index >= 15 is 0 Å². The molecule has 0 radical (unpaired) electrons. The molecule has 14 heteroatoms. The highest BCUT2D eigenvalue weighted by Gasteiger charge is 2.51. The van der Waals surface area contributed by atoms with Crippen LogP contribution in [0.15, 0.2) is 48.6 Å². The van der Waals surface area contributed by atoms with E-state index in [1.807, 2.05) is 43.4 Å². The van der Waals surface area contributed by atoms with E-state index in [1.165, 1.54) is 12.2 Å². The number of carbonyl (C=O) groups excluding carboxylic acids is 1. The molecule has 3 unspecified atom stereocenters. The molecule has 3 aliphatic rings.